The van der Waals surface area contributed by atoms with E-state index in [0.29, 0.717) is 22.7 Å². The zero-order chi connectivity index (χ0) is 15.2. The number of benzene rings is 1. The predicted octanol–water partition coefficient (Wildman–Crippen LogP) is 1.53. The Labute approximate surface area is 122 Å². The lowest BCUT2D eigenvalue weighted by Gasteiger charge is -2.18. The Morgan fingerprint density at radius 1 is 1.29 bits per heavy atom. The summed E-state index contributed by atoms with van der Waals surface area (Å²) in [5, 5.41) is 2.76. The van der Waals surface area contributed by atoms with Crippen molar-refractivity contribution in [2.75, 3.05) is 14.2 Å². The van der Waals surface area contributed by atoms with Crippen LogP contribution in [0.1, 0.15) is 10.4 Å². The van der Waals surface area contributed by atoms with Gasteiger partial charge in [0.15, 0.2) is 6.10 Å². The van der Waals surface area contributed by atoms with Crippen LogP contribution in [0.3, 0.4) is 0 Å². The summed E-state index contributed by atoms with van der Waals surface area (Å²) in [7, 11) is 2.95. The van der Waals surface area contributed by atoms with Crippen LogP contribution >= 0.6 is 0 Å². The van der Waals surface area contributed by atoms with Crippen molar-refractivity contribution in [2.45, 2.75) is 6.10 Å². The lowest BCUT2D eigenvalue weighted by molar-refractivity contribution is -0.0190. The fraction of sp³-hybridized carbons (Fsp3) is 0.200. The standard InChI is InChI=1S/C15H15N3O3/c1-20-13-9-12(18-16)14(21-2)8-11(13)17-15(19)10-6-4-3-5-7-10/h3-9,14H,1-2H3,(H,17,19). The zero-order valence-corrected chi connectivity index (χ0v) is 11.7. The van der Waals surface area contributed by atoms with Gasteiger partial charge in [-0.1, -0.05) is 18.2 Å². The normalized spacial score (nSPS) is 17.4. The molecule has 108 valence electrons. The summed E-state index contributed by atoms with van der Waals surface area (Å²) in [6.45, 7) is 0. The molecule has 0 spiro atoms. The molecular formula is C15H15N3O3. The molecule has 0 heterocycles. The highest BCUT2D eigenvalue weighted by Crippen LogP contribution is 2.17. The molecule has 0 saturated carbocycles. The van der Waals surface area contributed by atoms with Crippen LogP contribution in [0.4, 0.5) is 0 Å². The number of hydrogen-bond acceptors (Lipinski definition) is 3. The number of nitrogens with zero attached hydrogens (tertiary/aromatic N) is 2. The molecule has 0 saturated heterocycles. The third-order valence-corrected chi connectivity index (χ3v) is 3.03. The van der Waals surface area contributed by atoms with E-state index in [1.54, 1.807) is 30.3 Å². The summed E-state index contributed by atoms with van der Waals surface area (Å²) in [6, 6.07) is 8.83. The Bertz CT molecular complexity index is 643. The fourth-order valence-corrected chi connectivity index (χ4v) is 1.94. The number of amides is 1. The van der Waals surface area contributed by atoms with Gasteiger partial charge in [0.05, 0.1) is 18.9 Å². The first-order chi connectivity index (χ1) is 10.2. The van der Waals surface area contributed by atoms with E-state index in [2.05, 4.69) is 10.1 Å². The van der Waals surface area contributed by atoms with Gasteiger partial charge in [0.25, 0.3) is 5.91 Å². The number of carbonyl (C=O) groups is 1. The summed E-state index contributed by atoms with van der Waals surface area (Å²) in [6.07, 6.45) is 2.57. The Balaban J connectivity index is 2.25. The zero-order valence-electron chi connectivity index (χ0n) is 11.7. The summed E-state index contributed by atoms with van der Waals surface area (Å²) in [5.41, 5.74) is 10.2. The SMILES string of the molecule is COC1=CC(=[N+]=[N-])C(OC)C=C1NC(=O)c1ccccc1. The van der Waals surface area contributed by atoms with Crippen molar-refractivity contribution >= 4 is 11.6 Å². The van der Waals surface area contributed by atoms with Crippen LogP contribution in [0.15, 0.2) is 53.9 Å². The van der Waals surface area contributed by atoms with E-state index >= 15 is 0 Å². The second-order valence-electron chi connectivity index (χ2n) is 4.29. The van der Waals surface area contributed by atoms with Crippen molar-refractivity contribution in [1.29, 1.82) is 0 Å². The lowest BCUT2D eigenvalue weighted by Crippen LogP contribution is -2.32. The van der Waals surface area contributed by atoms with E-state index in [-0.39, 0.29) is 5.91 Å². The molecule has 1 aromatic rings. The average Bonchev–Trinajstić information content (AvgIpc) is 2.55. The molecule has 21 heavy (non-hydrogen) atoms. The number of hydrogen-bond donors (Lipinski definition) is 1. The molecule has 2 rings (SSSR count). The Morgan fingerprint density at radius 2 is 2.00 bits per heavy atom. The third kappa shape index (κ3) is 3.25. The van der Waals surface area contributed by atoms with E-state index in [1.165, 1.54) is 20.3 Å². The topological polar surface area (TPSA) is 84.0 Å². The first-order valence-corrected chi connectivity index (χ1v) is 6.28. The summed E-state index contributed by atoms with van der Waals surface area (Å²) in [5.74, 6) is 0.129. The molecular weight excluding hydrogens is 270 g/mol. The average molecular weight is 285 g/mol. The minimum Gasteiger partial charge on any atom is -0.494 e. The van der Waals surface area contributed by atoms with Crippen LogP contribution in [-0.2, 0) is 9.47 Å². The van der Waals surface area contributed by atoms with Gasteiger partial charge >= 0.3 is 5.71 Å². The van der Waals surface area contributed by atoms with E-state index in [0.717, 1.165) is 0 Å². The lowest BCUT2D eigenvalue weighted by atomic mass is 10.0. The monoisotopic (exact) mass is 285 g/mol. The largest absolute Gasteiger partial charge is 0.494 e. The van der Waals surface area contributed by atoms with Crippen molar-refractivity contribution in [3.63, 3.8) is 0 Å². The second-order valence-corrected chi connectivity index (χ2v) is 4.29. The maximum absolute atomic E-state index is 12.2. The molecule has 1 atom stereocenters. The van der Waals surface area contributed by atoms with Crippen LogP contribution in [0.2, 0.25) is 0 Å². The van der Waals surface area contributed by atoms with Gasteiger partial charge in [-0.05, 0) is 18.2 Å². The molecule has 0 bridgehead atoms. The quantitative estimate of drug-likeness (QED) is 0.672. The van der Waals surface area contributed by atoms with E-state index in [9.17, 15) is 4.79 Å². The smallest absolute Gasteiger partial charge is 0.328 e. The number of nitrogens with one attached hydrogen (secondary N) is 1. The van der Waals surface area contributed by atoms with Gasteiger partial charge in [-0.15, -0.1) is 0 Å². The molecule has 1 aromatic carbocycles. The third-order valence-electron chi connectivity index (χ3n) is 3.03. The highest BCUT2D eigenvalue weighted by Gasteiger charge is 2.28. The number of rotatable bonds is 4. The highest BCUT2D eigenvalue weighted by molar-refractivity contribution is 6.00. The van der Waals surface area contributed by atoms with E-state index in [1.807, 2.05) is 6.07 Å². The molecule has 1 amide bonds. The second kappa shape index (κ2) is 6.65. The van der Waals surface area contributed by atoms with Crippen LogP contribution < -0.4 is 5.32 Å². The first kappa shape index (κ1) is 14.7. The summed E-state index contributed by atoms with van der Waals surface area (Å²) in [4.78, 5) is 15.3. The van der Waals surface area contributed by atoms with Crippen molar-refractivity contribution in [3.05, 3.63) is 65.0 Å². The predicted molar refractivity (Wildman–Crippen MR) is 76.5 cm³/mol. The number of carbonyl (C=O) groups excluding carboxylic acids is 1. The van der Waals surface area contributed by atoms with Crippen molar-refractivity contribution in [2.24, 2.45) is 0 Å². The van der Waals surface area contributed by atoms with Gasteiger partial charge in [0.2, 0.25) is 0 Å². The maximum Gasteiger partial charge on any atom is 0.328 e. The van der Waals surface area contributed by atoms with Crippen molar-refractivity contribution in [3.8, 4) is 0 Å². The molecule has 1 aliphatic rings. The number of ether oxygens (including phenoxy) is 2. The molecule has 0 radical (unpaired) electrons. The molecule has 0 aliphatic heterocycles. The van der Waals surface area contributed by atoms with Gasteiger partial charge < -0.3 is 20.3 Å². The Kier molecular flexibility index (Phi) is 4.66. The van der Waals surface area contributed by atoms with Gasteiger partial charge in [-0.2, -0.15) is 4.79 Å². The van der Waals surface area contributed by atoms with E-state index < -0.39 is 6.10 Å². The van der Waals surface area contributed by atoms with Crippen LogP contribution in [0, 0.1) is 0 Å². The van der Waals surface area contributed by atoms with Crippen LogP contribution in [0.25, 0.3) is 5.53 Å². The molecule has 6 heteroatoms. The highest BCUT2D eigenvalue weighted by atomic mass is 16.5. The van der Waals surface area contributed by atoms with Gasteiger partial charge in [0.1, 0.15) is 5.76 Å². The van der Waals surface area contributed by atoms with Crippen molar-refractivity contribution in [1.82, 2.24) is 5.32 Å². The molecule has 0 fully saturated rings. The van der Waals surface area contributed by atoms with Gasteiger partial charge in [-0.3, -0.25) is 4.79 Å². The Morgan fingerprint density at radius 3 is 2.57 bits per heavy atom. The van der Waals surface area contributed by atoms with Crippen LogP contribution in [-0.4, -0.2) is 36.7 Å². The van der Waals surface area contributed by atoms with Crippen molar-refractivity contribution < 1.29 is 19.1 Å². The number of methoxy groups -OCH3 is 2. The maximum atomic E-state index is 12.2. The van der Waals surface area contributed by atoms with E-state index in [4.69, 9.17) is 15.0 Å². The minimum atomic E-state index is -0.556. The summed E-state index contributed by atoms with van der Waals surface area (Å²) < 4.78 is 10.4. The van der Waals surface area contributed by atoms with Gasteiger partial charge in [0, 0.05) is 12.7 Å². The summed E-state index contributed by atoms with van der Waals surface area (Å²) >= 11 is 0. The molecule has 1 unspecified atom stereocenters. The molecule has 6 nitrogen and oxygen atoms in total. The molecule has 1 N–H and O–H groups in total. The van der Waals surface area contributed by atoms with Crippen LogP contribution in [0.5, 0.6) is 0 Å². The Hall–Kier alpha value is -2.69. The minimum absolute atomic E-state index is 0.260. The molecule has 1 aliphatic carbocycles. The fourth-order valence-electron chi connectivity index (χ4n) is 1.94. The first-order valence-electron chi connectivity index (χ1n) is 6.28. The molecule has 0 aromatic heterocycles. The van der Waals surface area contributed by atoms with Gasteiger partial charge in [-0.25, -0.2) is 0 Å².